The average molecular weight is 294 g/mol. The van der Waals surface area contributed by atoms with E-state index in [9.17, 15) is 0 Å². The predicted molar refractivity (Wildman–Crippen MR) is 68.4 cm³/mol. The number of hydrogen-bond donors (Lipinski definition) is 0. The Kier molecular flexibility index (Phi) is 3.70. The molecular formula is C12H23I. The number of hydrogen-bond acceptors (Lipinski definition) is 0. The van der Waals surface area contributed by atoms with Gasteiger partial charge < -0.3 is 0 Å². The van der Waals surface area contributed by atoms with Gasteiger partial charge in [0, 0.05) is 4.43 Å². The second-order valence-corrected chi connectivity index (χ2v) is 6.60. The molecule has 0 saturated heterocycles. The van der Waals surface area contributed by atoms with E-state index in [1.807, 2.05) is 0 Å². The highest BCUT2D eigenvalue weighted by Gasteiger charge is 2.40. The van der Waals surface area contributed by atoms with Crippen LogP contribution in [0.3, 0.4) is 0 Å². The third-order valence-electron chi connectivity index (χ3n) is 3.57. The summed E-state index contributed by atoms with van der Waals surface area (Å²) in [6.45, 7) is 9.68. The highest BCUT2D eigenvalue weighted by molar-refractivity contribution is 14.1. The van der Waals surface area contributed by atoms with E-state index in [0.717, 1.165) is 5.92 Å². The normalized spacial score (nSPS) is 39.0. The molecule has 1 rings (SSSR count). The minimum atomic E-state index is 0.582. The molecule has 1 heteroatoms. The molecular weight excluding hydrogens is 271 g/mol. The lowest BCUT2D eigenvalue weighted by molar-refractivity contribution is 0.0640. The molecule has 13 heavy (non-hydrogen) atoms. The van der Waals surface area contributed by atoms with Crippen LogP contribution < -0.4 is 0 Å². The third-order valence-corrected chi connectivity index (χ3v) is 5.19. The van der Waals surface area contributed by atoms with Crippen molar-refractivity contribution >= 4 is 22.6 Å². The van der Waals surface area contributed by atoms with Crippen molar-refractivity contribution in [1.82, 2.24) is 0 Å². The minimum Gasteiger partial charge on any atom is -0.0858 e. The maximum Gasteiger partial charge on any atom is 0.00522 e. The molecule has 0 aromatic heterocycles. The van der Waals surface area contributed by atoms with Crippen LogP contribution in [0.1, 0.15) is 53.4 Å². The van der Waals surface area contributed by atoms with E-state index in [4.69, 9.17) is 0 Å². The Bertz CT molecular complexity index is 168. The predicted octanol–water partition coefficient (Wildman–Crippen LogP) is 4.66. The van der Waals surface area contributed by atoms with E-state index in [-0.39, 0.29) is 0 Å². The Balaban J connectivity index is 2.76. The number of alkyl halides is 1. The van der Waals surface area contributed by atoms with Crippen molar-refractivity contribution in [1.29, 1.82) is 0 Å². The fourth-order valence-electron chi connectivity index (χ4n) is 3.38. The van der Waals surface area contributed by atoms with Crippen LogP contribution in [0.4, 0.5) is 0 Å². The largest absolute Gasteiger partial charge is 0.0858 e. The molecule has 1 saturated carbocycles. The smallest absolute Gasteiger partial charge is 0.00522 e. The van der Waals surface area contributed by atoms with Crippen molar-refractivity contribution < 1.29 is 0 Å². The first-order valence-corrected chi connectivity index (χ1v) is 7.02. The van der Waals surface area contributed by atoms with Gasteiger partial charge in [-0.2, -0.15) is 0 Å². The molecule has 0 nitrogen and oxygen atoms in total. The molecule has 2 unspecified atom stereocenters. The van der Waals surface area contributed by atoms with Gasteiger partial charge in [-0.15, -0.1) is 0 Å². The molecule has 2 atom stereocenters. The molecule has 0 bridgehead atoms. The second-order valence-electron chi connectivity index (χ2n) is 5.84. The second kappa shape index (κ2) is 4.08. The van der Waals surface area contributed by atoms with Gasteiger partial charge in [-0.05, 0) is 42.4 Å². The summed E-state index contributed by atoms with van der Waals surface area (Å²) in [5.74, 6) is 0.929. The molecule has 0 aromatic carbocycles. The Hall–Kier alpha value is 0.730. The summed E-state index contributed by atoms with van der Waals surface area (Å²) in [5.41, 5.74) is 1.24. The van der Waals surface area contributed by atoms with Crippen LogP contribution in [0.5, 0.6) is 0 Å². The van der Waals surface area contributed by atoms with Crippen LogP contribution >= 0.6 is 22.6 Å². The fourth-order valence-corrected chi connectivity index (χ4v) is 4.50. The van der Waals surface area contributed by atoms with E-state index in [2.05, 4.69) is 50.3 Å². The zero-order valence-corrected chi connectivity index (χ0v) is 11.6. The standard InChI is InChI=1S/C12H23I/c1-5-12(9-13)7-10(2)6-11(3,4)8-12/h10H,5-9H2,1-4H3. The quantitative estimate of drug-likeness (QED) is 0.513. The van der Waals surface area contributed by atoms with Crippen molar-refractivity contribution in [2.75, 3.05) is 4.43 Å². The van der Waals surface area contributed by atoms with Crippen molar-refractivity contribution in [2.24, 2.45) is 16.7 Å². The zero-order valence-electron chi connectivity index (χ0n) is 9.49. The summed E-state index contributed by atoms with van der Waals surface area (Å²) in [7, 11) is 0. The topological polar surface area (TPSA) is 0 Å². The van der Waals surface area contributed by atoms with Crippen molar-refractivity contribution in [2.45, 2.75) is 53.4 Å². The summed E-state index contributed by atoms with van der Waals surface area (Å²) >= 11 is 2.59. The maximum atomic E-state index is 2.59. The van der Waals surface area contributed by atoms with Gasteiger partial charge in [-0.1, -0.05) is 50.3 Å². The molecule has 0 aromatic rings. The van der Waals surface area contributed by atoms with Gasteiger partial charge >= 0.3 is 0 Å². The van der Waals surface area contributed by atoms with Crippen LogP contribution in [0, 0.1) is 16.7 Å². The molecule has 0 aliphatic heterocycles. The molecule has 1 aliphatic rings. The van der Waals surface area contributed by atoms with Gasteiger partial charge in [0.15, 0.2) is 0 Å². The SMILES string of the molecule is CCC1(CI)CC(C)CC(C)(C)C1. The average Bonchev–Trinajstić information content (AvgIpc) is 2.00. The van der Waals surface area contributed by atoms with Gasteiger partial charge in [0.25, 0.3) is 0 Å². The van der Waals surface area contributed by atoms with Crippen LogP contribution in [0.25, 0.3) is 0 Å². The first-order chi connectivity index (χ1) is 5.93. The van der Waals surface area contributed by atoms with Crippen LogP contribution in [-0.2, 0) is 0 Å². The minimum absolute atomic E-state index is 0.582. The van der Waals surface area contributed by atoms with Gasteiger partial charge in [0.05, 0.1) is 0 Å². The summed E-state index contributed by atoms with van der Waals surface area (Å²) in [6.07, 6.45) is 5.68. The van der Waals surface area contributed by atoms with E-state index < -0.39 is 0 Å². The highest BCUT2D eigenvalue weighted by atomic mass is 127. The zero-order chi connectivity index (χ0) is 10.1. The molecule has 0 amide bonds. The Morgan fingerprint density at radius 3 is 2.31 bits per heavy atom. The Morgan fingerprint density at radius 1 is 1.31 bits per heavy atom. The van der Waals surface area contributed by atoms with E-state index >= 15 is 0 Å². The molecule has 1 fully saturated rings. The van der Waals surface area contributed by atoms with Crippen LogP contribution in [0.2, 0.25) is 0 Å². The monoisotopic (exact) mass is 294 g/mol. The number of rotatable bonds is 2. The highest BCUT2D eigenvalue weighted by Crippen LogP contribution is 2.51. The van der Waals surface area contributed by atoms with Crippen LogP contribution in [-0.4, -0.2) is 4.43 Å². The van der Waals surface area contributed by atoms with Crippen LogP contribution in [0.15, 0.2) is 0 Å². The maximum absolute atomic E-state index is 2.59. The van der Waals surface area contributed by atoms with E-state index in [1.54, 1.807) is 0 Å². The van der Waals surface area contributed by atoms with E-state index in [0.29, 0.717) is 10.8 Å². The molecule has 78 valence electrons. The van der Waals surface area contributed by atoms with Crippen molar-refractivity contribution in [3.05, 3.63) is 0 Å². The molecule has 0 heterocycles. The summed E-state index contributed by atoms with van der Waals surface area (Å²) < 4.78 is 1.34. The van der Waals surface area contributed by atoms with Gasteiger partial charge in [-0.3, -0.25) is 0 Å². The Labute approximate surface area is 97.0 Å². The molecule has 1 aliphatic carbocycles. The fraction of sp³-hybridized carbons (Fsp3) is 1.00. The molecule has 0 spiro atoms. The van der Waals surface area contributed by atoms with E-state index in [1.165, 1.54) is 30.1 Å². The summed E-state index contributed by atoms with van der Waals surface area (Å²) in [4.78, 5) is 0. The van der Waals surface area contributed by atoms with Crippen molar-refractivity contribution in [3.8, 4) is 0 Å². The summed E-state index contributed by atoms with van der Waals surface area (Å²) in [6, 6.07) is 0. The Morgan fingerprint density at radius 2 is 1.92 bits per heavy atom. The first-order valence-electron chi connectivity index (χ1n) is 5.49. The summed E-state index contributed by atoms with van der Waals surface area (Å²) in [5, 5.41) is 0. The lowest BCUT2D eigenvalue weighted by Crippen LogP contribution is -2.37. The molecule has 0 N–H and O–H groups in total. The van der Waals surface area contributed by atoms with Crippen molar-refractivity contribution in [3.63, 3.8) is 0 Å². The lowest BCUT2D eigenvalue weighted by atomic mass is 9.60. The lowest BCUT2D eigenvalue weighted by Gasteiger charge is -2.47. The molecule has 0 radical (unpaired) electrons. The third kappa shape index (κ3) is 2.84. The first kappa shape index (κ1) is 11.8. The van der Waals surface area contributed by atoms with Gasteiger partial charge in [-0.25, -0.2) is 0 Å². The van der Waals surface area contributed by atoms with Gasteiger partial charge in [0.2, 0.25) is 0 Å². The van der Waals surface area contributed by atoms with Gasteiger partial charge in [0.1, 0.15) is 0 Å². The number of halogens is 1.